The van der Waals surface area contributed by atoms with Crippen LogP contribution in [0.1, 0.15) is 16.1 Å². The standard InChI is InChI=1S/C15H14F3N3OS/c16-15(17,18)11-3-1-2-10(8-11)13-20-12(9-23-13)14(22)21-6-4-19-5-7-21/h1-3,8-9,19H,4-7H2. The van der Waals surface area contributed by atoms with Gasteiger partial charge in [-0.05, 0) is 12.1 Å². The number of thiazole rings is 1. The third-order valence-electron chi connectivity index (χ3n) is 3.56. The lowest BCUT2D eigenvalue weighted by Crippen LogP contribution is -2.46. The van der Waals surface area contributed by atoms with Crippen molar-refractivity contribution in [2.24, 2.45) is 0 Å². The fourth-order valence-electron chi connectivity index (χ4n) is 2.36. The van der Waals surface area contributed by atoms with Gasteiger partial charge in [0.05, 0.1) is 5.56 Å². The average molecular weight is 341 g/mol. The van der Waals surface area contributed by atoms with Gasteiger partial charge in [-0.3, -0.25) is 4.79 Å². The molecule has 1 aliphatic rings. The number of benzene rings is 1. The third kappa shape index (κ3) is 3.53. The van der Waals surface area contributed by atoms with Gasteiger partial charge in [0.15, 0.2) is 0 Å². The Morgan fingerprint density at radius 3 is 2.70 bits per heavy atom. The summed E-state index contributed by atoms with van der Waals surface area (Å²) in [5, 5.41) is 5.16. The summed E-state index contributed by atoms with van der Waals surface area (Å²) < 4.78 is 38.3. The second kappa shape index (κ2) is 6.29. The van der Waals surface area contributed by atoms with E-state index in [-0.39, 0.29) is 11.6 Å². The van der Waals surface area contributed by atoms with Crippen molar-refractivity contribution >= 4 is 17.2 Å². The number of rotatable bonds is 2. The normalized spacial score (nSPS) is 15.7. The minimum atomic E-state index is -4.40. The van der Waals surface area contributed by atoms with E-state index < -0.39 is 11.7 Å². The van der Waals surface area contributed by atoms with Crippen molar-refractivity contribution in [3.63, 3.8) is 0 Å². The van der Waals surface area contributed by atoms with Gasteiger partial charge in [0.2, 0.25) is 0 Å². The lowest BCUT2D eigenvalue weighted by molar-refractivity contribution is -0.137. The first kappa shape index (κ1) is 15.9. The van der Waals surface area contributed by atoms with Crippen LogP contribution in [0.3, 0.4) is 0 Å². The van der Waals surface area contributed by atoms with Crippen molar-refractivity contribution in [1.82, 2.24) is 15.2 Å². The summed E-state index contributed by atoms with van der Waals surface area (Å²) in [5.74, 6) is -0.180. The van der Waals surface area contributed by atoms with Crippen LogP contribution in [0.5, 0.6) is 0 Å². The Morgan fingerprint density at radius 2 is 2.00 bits per heavy atom. The number of piperazine rings is 1. The molecule has 1 fully saturated rings. The fourth-order valence-corrected chi connectivity index (χ4v) is 3.15. The lowest BCUT2D eigenvalue weighted by Gasteiger charge is -2.26. The zero-order valence-corrected chi connectivity index (χ0v) is 12.9. The molecule has 1 aromatic carbocycles. The van der Waals surface area contributed by atoms with Crippen LogP contribution in [0.25, 0.3) is 10.6 Å². The molecule has 122 valence electrons. The summed E-state index contributed by atoms with van der Waals surface area (Å²) in [6.45, 7) is 2.68. The maximum absolute atomic E-state index is 12.8. The van der Waals surface area contributed by atoms with Crippen molar-refractivity contribution < 1.29 is 18.0 Å². The first-order chi connectivity index (χ1) is 10.9. The van der Waals surface area contributed by atoms with Gasteiger partial charge >= 0.3 is 6.18 Å². The van der Waals surface area contributed by atoms with E-state index in [2.05, 4.69) is 10.3 Å². The molecule has 1 saturated heterocycles. The summed E-state index contributed by atoms with van der Waals surface area (Å²) in [7, 11) is 0. The highest BCUT2D eigenvalue weighted by atomic mass is 32.1. The van der Waals surface area contributed by atoms with E-state index in [1.807, 2.05) is 0 Å². The molecule has 8 heteroatoms. The molecule has 3 rings (SSSR count). The van der Waals surface area contributed by atoms with Gasteiger partial charge in [0.25, 0.3) is 5.91 Å². The van der Waals surface area contributed by atoms with Crippen molar-refractivity contribution in [3.8, 4) is 10.6 Å². The predicted octanol–water partition coefficient (Wildman–Crippen LogP) is 2.87. The van der Waals surface area contributed by atoms with Gasteiger partial charge in [0.1, 0.15) is 10.7 Å². The van der Waals surface area contributed by atoms with Crippen LogP contribution in [-0.2, 0) is 6.18 Å². The number of nitrogens with zero attached hydrogens (tertiary/aromatic N) is 2. The second-order valence-electron chi connectivity index (χ2n) is 5.16. The highest BCUT2D eigenvalue weighted by Gasteiger charge is 2.30. The van der Waals surface area contributed by atoms with Crippen molar-refractivity contribution in [3.05, 3.63) is 40.9 Å². The quantitative estimate of drug-likeness (QED) is 0.914. The summed E-state index contributed by atoms with van der Waals surface area (Å²) >= 11 is 1.17. The molecule has 0 spiro atoms. The van der Waals surface area contributed by atoms with Gasteiger partial charge in [-0.2, -0.15) is 13.2 Å². The largest absolute Gasteiger partial charge is 0.416 e. The molecule has 0 atom stereocenters. The van der Waals surface area contributed by atoms with Crippen LogP contribution in [0.2, 0.25) is 0 Å². The molecule has 0 aliphatic carbocycles. The smallest absolute Gasteiger partial charge is 0.335 e. The molecular weight excluding hydrogens is 327 g/mol. The molecule has 0 unspecified atom stereocenters. The Labute approximate surface area is 135 Å². The number of hydrogen-bond acceptors (Lipinski definition) is 4. The van der Waals surface area contributed by atoms with Crippen LogP contribution in [0.4, 0.5) is 13.2 Å². The molecule has 23 heavy (non-hydrogen) atoms. The fraction of sp³-hybridized carbons (Fsp3) is 0.333. The van der Waals surface area contributed by atoms with E-state index in [0.29, 0.717) is 23.7 Å². The first-order valence-corrected chi connectivity index (χ1v) is 7.96. The number of alkyl halides is 3. The molecule has 0 saturated carbocycles. The zero-order valence-electron chi connectivity index (χ0n) is 12.1. The third-order valence-corrected chi connectivity index (χ3v) is 4.46. The van der Waals surface area contributed by atoms with Gasteiger partial charge in [0, 0.05) is 37.1 Å². The molecule has 1 amide bonds. The van der Waals surface area contributed by atoms with E-state index >= 15 is 0 Å². The lowest BCUT2D eigenvalue weighted by atomic mass is 10.1. The topological polar surface area (TPSA) is 45.2 Å². The molecule has 2 aromatic rings. The van der Waals surface area contributed by atoms with Gasteiger partial charge in [-0.25, -0.2) is 4.98 Å². The number of carbonyl (C=O) groups is 1. The molecule has 0 radical (unpaired) electrons. The molecule has 1 aromatic heterocycles. The monoisotopic (exact) mass is 341 g/mol. The summed E-state index contributed by atoms with van der Waals surface area (Å²) in [4.78, 5) is 18.2. The summed E-state index contributed by atoms with van der Waals surface area (Å²) in [5.41, 5.74) is -0.0753. The van der Waals surface area contributed by atoms with E-state index in [0.717, 1.165) is 25.2 Å². The molecule has 2 heterocycles. The Bertz CT molecular complexity index is 708. The van der Waals surface area contributed by atoms with E-state index in [4.69, 9.17) is 0 Å². The molecule has 4 nitrogen and oxygen atoms in total. The number of aromatic nitrogens is 1. The SMILES string of the molecule is O=C(c1csc(-c2cccc(C(F)(F)F)c2)n1)N1CCNCC1. The average Bonchev–Trinajstić information content (AvgIpc) is 3.04. The second-order valence-corrected chi connectivity index (χ2v) is 6.02. The summed E-state index contributed by atoms with van der Waals surface area (Å²) in [6, 6.07) is 4.98. The predicted molar refractivity (Wildman–Crippen MR) is 81.3 cm³/mol. The Balaban J connectivity index is 1.83. The van der Waals surface area contributed by atoms with Gasteiger partial charge in [-0.15, -0.1) is 11.3 Å². The maximum Gasteiger partial charge on any atom is 0.416 e. The Kier molecular flexibility index (Phi) is 4.36. The zero-order chi connectivity index (χ0) is 16.4. The number of halogens is 3. The first-order valence-electron chi connectivity index (χ1n) is 7.08. The molecular formula is C15H14F3N3OS. The number of nitrogens with one attached hydrogen (secondary N) is 1. The number of amides is 1. The highest BCUT2D eigenvalue weighted by Crippen LogP contribution is 2.33. The highest BCUT2D eigenvalue weighted by molar-refractivity contribution is 7.13. The van der Waals surface area contributed by atoms with Crippen LogP contribution in [0.15, 0.2) is 29.6 Å². The van der Waals surface area contributed by atoms with E-state index in [1.54, 1.807) is 16.3 Å². The summed E-state index contributed by atoms with van der Waals surface area (Å²) in [6.07, 6.45) is -4.40. The molecule has 0 bridgehead atoms. The van der Waals surface area contributed by atoms with Crippen LogP contribution in [0, 0.1) is 0 Å². The van der Waals surface area contributed by atoms with Crippen LogP contribution < -0.4 is 5.32 Å². The molecule has 1 N–H and O–H groups in total. The maximum atomic E-state index is 12.8. The van der Waals surface area contributed by atoms with Gasteiger partial charge < -0.3 is 10.2 Å². The van der Waals surface area contributed by atoms with Crippen molar-refractivity contribution in [2.75, 3.05) is 26.2 Å². The Morgan fingerprint density at radius 1 is 1.26 bits per heavy atom. The number of hydrogen-bond donors (Lipinski definition) is 1. The van der Waals surface area contributed by atoms with Crippen LogP contribution in [-0.4, -0.2) is 42.0 Å². The molecule has 1 aliphatic heterocycles. The van der Waals surface area contributed by atoms with Gasteiger partial charge in [-0.1, -0.05) is 12.1 Å². The minimum Gasteiger partial charge on any atom is -0.335 e. The van der Waals surface area contributed by atoms with Crippen molar-refractivity contribution in [2.45, 2.75) is 6.18 Å². The minimum absolute atomic E-state index is 0.180. The Hall–Kier alpha value is -1.93. The van der Waals surface area contributed by atoms with Crippen LogP contribution >= 0.6 is 11.3 Å². The van der Waals surface area contributed by atoms with E-state index in [9.17, 15) is 18.0 Å². The number of carbonyl (C=O) groups excluding carboxylic acids is 1. The van der Waals surface area contributed by atoms with E-state index in [1.165, 1.54) is 17.4 Å². The van der Waals surface area contributed by atoms with Crippen molar-refractivity contribution in [1.29, 1.82) is 0 Å².